The van der Waals surface area contributed by atoms with Gasteiger partial charge in [0.05, 0.1) is 11.1 Å². The molecular formula is C27H38ClN5O4. The SMILES string of the molecule is CC(C)(C)OC(=O)N[C@H](C(=O)N1C[C@H]2[C@@H]([C@H]1C(=O)NC(C)(C#N)c1cncc(Cl)c1)C2(C)C)C(C)(C)C. The molecule has 5 atom stereocenters. The largest absolute Gasteiger partial charge is 0.444 e. The fraction of sp³-hybridized carbons (Fsp3) is 0.667. The number of fused-ring (bicyclic) bond motifs is 1. The smallest absolute Gasteiger partial charge is 0.408 e. The Kier molecular flexibility index (Phi) is 7.34. The summed E-state index contributed by atoms with van der Waals surface area (Å²) in [6.45, 7) is 16.9. The molecule has 0 bridgehead atoms. The first kappa shape index (κ1) is 28.7. The van der Waals surface area contributed by atoms with Crippen molar-refractivity contribution in [1.29, 1.82) is 5.26 Å². The fourth-order valence-corrected chi connectivity index (χ4v) is 5.40. The maximum absolute atomic E-state index is 13.9. The molecule has 0 radical (unpaired) electrons. The number of hydrogen-bond acceptors (Lipinski definition) is 6. The van der Waals surface area contributed by atoms with E-state index < -0.39 is 40.6 Å². The summed E-state index contributed by atoms with van der Waals surface area (Å²) in [5.74, 6) is -0.723. The molecule has 1 saturated heterocycles. The molecule has 1 aliphatic heterocycles. The van der Waals surface area contributed by atoms with Crippen molar-refractivity contribution in [3.8, 4) is 6.07 Å². The number of nitriles is 1. The topological polar surface area (TPSA) is 124 Å². The van der Waals surface area contributed by atoms with Gasteiger partial charge in [0.1, 0.15) is 17.7 Å². The molecule has 37 heavy (non-hydrogen) atoms. The van der Waals surface area contributed by atoms with E-state index in [-0.39, 0.29) is 23.2 Å². The number of nitrogens with zero attached hydrogens (tertiary/aromatic N) is 3. The molecule has 2 heterocycles. The minimum Gasteiger partial charge on any atom is -0.444 e. The zero-order chi connectivity index (χ0) is 28.1. The first-order chi connectivity index (χ1) is 16.8. The summed E-state index contributed by atoms with van der Waals surface area (Å²) in [7, 11) is 0. The molecule has 202 valence electrons. The Bertz CT molecular complexity index is 1130. The second-order valence-electron chi connectivity index (χ2n) is 13.0. The number of ether oxygens (including phenoxy) is 1. The van der Waals surface area contributed by atoms with Crippen LogP contribution in [0.5, 0.6) is 0 Å². The lowest BCUT2D eigenvalue weighted by Crippen LogP contribution is -2.60. The highest BCUT2D eigenvalue weighted by molar-refractivity contribution is 6.30. The number of rotatable bonds is 5. The highest BCUT2D eigenvalue weighted by Crippen LogP contribution is 2.65. The number of carbonyl (C=O) groups is 3. The van der Waals surface area contributed by atoms with Crippen molar-refractivity contribution < 1.29 is 19.1 Å². The molecule has 3 rings (SSSR count). The first-order valence-corrected chi connectivity index (χ1v) is 12.8. The fourth-order valence-electron chi connectivity index (χ4n) is 5.22. The minimum atomic E-state index is -1.40. The van der Waals surface area contributed by atoms with E-state index in [2.05, 4.69) is 35.5 Å². The first-order valence-electron chi connectivity index (χ1n) is 12.5. The van der Waals surface area contributed by atoms with Gasteiger partial charge >= 0.3 is 6.09 Å². The van der Waals surface area contributed by atoms with Crippen LogP contribution in [0.4, 0.5) is 4.79 Å². The van der Waals surface area contributed by atoms with Gasteiger partial charge in [0.2, 0.25) is 11.8 Å². The number of nitrogens with one attached hydrogen (secondary N) is 2. The Balaban J connectivity index is 1.90. The van der Waals surface area contributed by atoms with E-state index in [0.29, 0.717) is 17.1 Å². The molecule has 1 unspecified atom stereocenters. The number of likely N-dealkylation sites (tertiary alicyclic amines) is 1. The summed E-state index contributed by atoms with van der Waals surface area (Å²) in [6.07, 6.45) is 2.23. The highest BCUT2D eigenvalue weighted by Gasteiger charge is 2.70. The summed E-state index contributed by atoms with van der Waals surface area (Å²) in [5.41, 5.74) is -2.47. The van der Waals surface area contributed by atoms with E-state index in [9.17, 15) is 19.6 Å². The predicted molar refractivity (Wildman–Crippen MR) is 139 cm³/mol. The van der Waals surface area contributed by atoms with E-state index in [1.165, 1.54) is 12.4 Å². The van der Waals surface area contributed by atoms with E-state index in [4.69, 9.17) is 16.3 Å². The van der Waals surface area contributed by atoms with Gasteiger partial charge in [-0.3, -0.25) is 14.6 Å². The lowest BCUT2D eigenvalue weighted by molar-refractivity contribution is -0.144. The van der Waals surface area contributed by atoms with Crippen LogP contribution in [0.3, 0.4) is 0 Å². The molecule has 2 aliphatic rings. The number of piperidine rings is 1. The lowest BCUT2D eigenvalue weighted by Gasteiger charge is -2.38. The molecule has 0 aromatic carbocycles. The third-order valence-corrected chi connectivity index (χ3v) is 7.62. The van der Waals surface area contributed by atoms with Crippen molar-refractivity contribution in [2.24, 2.45) is 22.7 Å². The third-order valence-electron chi connectivity index (χ3n) is 7.41. The highest BCUT2D eigenvalue weighted by atomic mass is 35.5. The summed E-state index contributed by atoms with van der Waals surface area (Å²) >= 11 is 6.08. The minimum absolute atomic E-state index is 0.0703. The summed E-state index contributed by atoms with van der Waals surface area (Å²) in [4.78, 5) is 45.9. The van der Waals surface area contributed by atoms with Crippen molar-refractivity contribution in [3.05, 3.63) is 29.0 Å². The number of pyridine rings is 1. The molecule has 2 N–H and O–H groups in total. The second kappa shape index (κ2) is 9.46. The Hall–Kier alpha value is -2.86. The van der Waals surface area contributed by atoms with E-state index in [0.717, 1.165) is 0 Å². The second-order valence-corrected chi connectivity index (χ2v) is 13.4. The zero-order valence-corrected chi connectivity index (χ0v) is 23.9. The van der Waals surface area contributed by atoms with Gasteiger partial charge in [-0.1, -0.05) is 46.2 Å². The Morgan fingerprint density at radius 1 is 1.19 bits per heavy atom. The number of alkyl carbamates (subject to hydrolysis) is 1. The van der Waals surface area contributed by atoms with Gasteiger partial charge in [-0.05, 0) is 56.4 Å². The molecule has 1 aromatic heterocycles. The van der Waals surface area contributed by atoms with E-state index in [1.54, 1.807) is 38.7 Å². The van der Waals surface area contributed by atoms with Crippen LogP contribution in [-0.2, 0) is 19.9 Å². The van der Waals surface area contributed by atoms with E-state index >= 15 is 0 Å². The molecule has 0 spiro atoms. The molecule has 1 saturated carbocycles. The summed E-state index contributed by atoms with van der Waals surface area (Å²) < 4.78 is 5.40. The average Bonchev–Trinajstić information content (AvgIpc) is 3.08. The Labute approximate surface area is 224 Å². The van der Waals surface area contributed by atoms with Crippen LogP contribution in [0.15, 0.2) is 18.5 Å². The molecule has 3 amide bonds. The van der Waals surface area contributed by atoms with Crippen LogP contribution in [0.25, 0.3) is 0 Å². The predicted octanol–water partition coefficient (Wildman–Crippen LogP) is 4.01. The van der Waals surface area contributed by atoms with Gasteiger partial charge in [0.15, 0.2) is 5.54 Å². The van der Waals surface area contributed by atoms with Crippen molar-refractivity contribution >= 4 is 29.5 Å². The van der Waals surface area contributed by atoms with Crippen molar-refractivity contribution in [1.82, 2.24) is 20.5 Å². The number of halogens is 1. The van der Waals surface area contributed by atoms with Crippen LogP contribution in [0, 0.1) is 34.0 Å². The normalized spacial score (nSPS) is 24.7. The van der Waals surface area contributed by atoms with Gasteiger partial charge < -0.3 is 20.3 Å². The third kappa shape index (κ3) is 5.85. The van der Waals surface area contributed by atoms with Crippen LogP contribution >= 0.6 is 11.6 Å². The maximum Gasteiger partial charge on any atom is 0.408 e. The summed E-state index contributed by atoms with van der Waals surface area (Å²) in [6, 6.07) is 2.03. The van der Waals surface area contributed by atoms with Crippen molar-refractivity contribution in [2.75, 3.05) is 6.54 Å². The molecule has 9 nitrogen and oxygen atoms in total. The van der Waals surface area contributed by atoms with Crippen LogP contribution in [0.1, 0.15) is 67.9 Å². The van der Waals surface area contributed by atoms with Crippen molar-refractivity contribution in [3.63, 3.8) is 0 Å². The molecule has 1 aromatic rings. The van der Waals surface area contributed by atoms with Gasteiger partial charge in [0, 0.05) is 24.5 Å². The Morgan fingerprint density at radius 3 is 2.32 bits per heavy atom. The van der Waals surface area contributed by atoms with Crippen LogP contribution in [-0.4, -0.2) is 52.0 Å². The van der Waals surface area contributed by atoms with Gasteiger partial charge in [-0.25, -0.2) is 4.79 Å². The standard InChI is InChI=1S/C27H38ClN5O4/c1-24(2,3)20(31-23(36)37-25(4,5)6)22(35)33-13-17-18(26(17,7)8)19(33)21(34)32-27(9,14-29)15-10-16(28)12-30-11-15/h10-12,17-20H,13H2,1-9H3,(H,31,36)(H,32,34)/t17-,18-,19-,20+,27?/m0/s1. The zero-order valence-electron chi connectivity index (χ0n) is 23.1. The monoisotopic (exact) mass is 531 g/mol. The molecule has 1 aliphatic carbocycles. The lowest BCUT2D eigenvalue weighted by atomic mass is 9.85. The van der Waals surface area contributed by atoms with Crippen LogP contribution in [0.2, 0.25) is 5.02 Å². The number of carbonyl (C=O) groups excluding carboxylic acids is 3. The number of amides is 3. The molecular weight excluding hydrogens is 494 g/mol. The van der Waals surface area contributed by atoms with Crippen LogP contribution < -0.4 is 10.6 Å². The Morgan fingerprint density at radius 2 is 1.81 bits per heavy atom. The average molecular weight is 532 g/mol. The van der Waals surface area contributed by atoms with Gasteiger partial charge in [-0.2, -0.15) is 5.26 Å². The maximum atomic E-state index is 13.9. The van der Waals surface area contributed by atoms with Gasteiger partial charge in [-0.15, -0.1) is 0 Å². The molecule has 10 heteroatoms. The van der Waals surface area contributed by atoms with E-state index in [1.807, 2.05) is 20.8 Å². The number of hydrogen-bond donors (Lipinski definition) is 2. The van der Waals surface area contributed by atoms with Gasteiger partial charge in [0.25, 0.3) is 0 Å². The molecule has 2 fully saturated rings. The van der Waals surface area contributed by atoms with Crippen molar-refractivity contribution in [2.45, 2.75) is 85.5 Å². The summed E-state index contributed by atoms with van der Waals surface area (Å²) in [5, 5.41) is 15.9. The number of aromatic nitrogens is 1. The quantitative estimate of drug-likeness (QED) is 0.591.